The van der Waals surface area contributed by atoms with Gasteiger partial charge in [-0.05, 0) is 22.0 Å². The van der Waals surface area contributed by atoms with E-state index < -0.39 is 22.2 Å². The Hall–Kier alpha value is 0.420. The summed E-state index contributed by atoms with van der Waals surface area (Å²) >= 11 is 6.93. The summed E-state index contributed by atoms with van der Waals surface area (Å²) in [6.45, 7) is 0. The topological polar surface area (TPSA) is 43.1 Å². The molecule has 0 saturated heterocycles. The maximum absolute atomic E-state index is 12.6. The van der Waals surface area contributed by atoms with E-state index in [-0.39, 0.29) is 4.47 Å². The van der Waals surface area contributed by atoms with E-state index in [9.17, 15) is 18.9 Å². The molecule has 1 aromatic carbocycles. The Labute approximate surface area is 110 Å². The Morgan fingerprint density at radius 2 is 1.79 bits per heavy atom. The minimum atomic E-state index is -1.06. The van der Waals surface area contributed by atoms with Crippen molar-refractivity contribution in [3.63, 3.8) is 0 Å². The van der Waals surface area contributed by atoms with Gasteiger partial charge in [0.25, 0.3) is 0 Å². The highest BCUT2D eigenvalue weighted by Gasteiger charge is 2.16. The minimum Gasteiger partial charge on any atom is -0.258 e. The van der Waals surface area contributed by atoms with Crippen LogP contribution >= 0.6 is 53.2 Å². The molecule has 0 amide bonds. The van der Waals surface area contributed by atoms with Gasteiger partial charge in [-0.15, -0.1) is 0 Å². The van der Waals surface area contributed by atoms with Crippen LogP contribution in [0.3, 0.4) is 0 Å². The predicted molar refractivity (Wildman–Crippen MR) is 68.8 cm³/mol. The summed E-state index contributed by atoms with van der Waals surface area (Å²) < 4.78 is 25.1. The second kappa shape index (κ2) is 6.82. The Balaban J connectivity index is 0.000000791. The second-order valence-corrected chi connectivity index (χ2v) is 2.83. The van der Waals surface area contributed by atoms with Crippen molar-refractivity contribution in [2.24, 2.45) is 0 Å². The molecule has 3 nitrogen and oxygen atoms in total. The van der Waals surface area contributed by atoms with E-state index in [4.69, 9.17) is 0 Å². The maximum atomic E-state index is 12.6. The van der Waals surface area contributed by atoms with Gasteiger partial charge in [0.1, 0.15) is 5.82 Å². The lowest BCUT2D eigenvalue weighted by atomic mass is 10.3. The third-order valence-corrected chi connectivity index (χ3v) is 1.79. The van der Waals surface area contributed by atoms with E-state index in [0.29, 0.717) is 12.1 Å². The van der Waals surface area contributed by atoms with Crippen molar-refractivity contribution >= 4 is 58.8 Å². The molecule has 0 heterocycles. The van der Waals surface area contributed by atoms with Crippen molar-refractivity contribution in [3.8, 4) is 0 Å². The van der Waals surface area contributed by atoms with Crippen LogP contribution in [0.4, 0.5) is 14.5 Å². The highest BCUT2D eigenvalue weighted by molar-refractivity contribution is 15.0. The molecule has 0 spiro atoms. The van der Waals surface area contributed by atoms with Gasteiger partial charge < -0.3 is 0 Å². The fourth-order valence-electron chi connectivity index (χ4n) is 0.652. The number of nitro groups is 1. The van der Waals surface area contributed by atoms with Gasteiger partial charge in [0, 0.05) is 37.2 Å². The molecule has 0 aromatic heterocycles. The van der Waals surface area contributed by atoms with E-state index in [1.165, 1.54) is 0 Å². The fourth-order valence-corrected chi connectivity index (χ4v) is 0.967. The molecule has 0 unspecified atom stereocenters. The summed E-state index contributed by atoms with van der Waals surface area (Å²) in [6, 6.07) is 1.24. The molecule has 14 heavy (non-hydrogen) atoms. The molecule has 0 aliphatic carbocycles. The van der Waals surface area contributed by atoms with Gasteiger partial charge in [0.05, 0.1) is 15.5 Å². The molecule has 1 rings (SSSR count). The van der Waals surface area contributed by atoms with E-state index in [1.807, 2.05) is 0 Å². The highest BCUT2D eigenvalue weighted by Crippen LogP contribution is 2.24. The van der Waals surface area contributed by atoms with Gasteiger partial charge in [0.2, 0.25) is 5.82 Å². The van der Waals surface area contributed by atoms with Gasteiger partial charge in [-0.3, -0.25) is 10.1 Å². The Bertz CT molecular complexity index is 351. The van der Waals surface area contributed by atoms with E-state index in [1.54, 1.807) is 0 Å². The maximum Gasteiger partial charge on any atom is 0.307 e. The second-order valence-electron chi connectivity index (χ2n) is 1.97. The summed E-state index contributed by atoms with van der Waals surface area (Å²) in [5.41, 5.74) is -0.865. The first-order valence-electron chi connectivity index (χ1n) is 2.95. The van der Waals surface area contributed by atoms with Crippen molar-refractivity contribution in [1.29, 1.82) is 0 Å². The van der Waals surface area contributed by atoms with Gasteiger partial charge in [-0.25, -0.2) is 4.39 Å². The first-order valence-corrected chi connectivity index (χ1v) is 10.0. The largest absolute Gasteiger partial charge is 0.307 e. The zero-order valence-corrected chi connectivity index (χ0v) is 12.2. The van der Waals surface area contributed by atoms with Gasteiger partial charge in [0.15, 0.2) is 0 Å². The fraction of sp³-hybridized carbons (Fsp3) is 0. The van der Waals surface area contributed by atoms with Crippen LogP contribution in [0.15, 0.2) is 16.6 Å². The molecule has 8 heteroatoms. The summed E-state index contributed by atoms with van der Waals surface area (Å²) in [7, 11) is 0. The standard InChI is InChI=1S/C6H2BrF2NO2.I2/c7-3-1-5(9)6(10(11)12)2-4(3)8;1-2/h1-2H;. The zero-order valence-electron chi connectivity index (χ0n) is 6.31. The molecule has 0 atom stereocenters. The number of nitrogens with zero attached hydrogens (tertiary/aromatic N) is 1. The monoisotopic (exact) mass is 491 g/mol. The van der Waals surface area contributed by atoms with Crippen LogP contribution in [-0.2, 0) is 0 Å². The van der Waals surface area contributed by atoms with Gasteiger partial charge >= 0.3 is 5.69 Å². The van der Waals surface area contributed by atoms with E-state index in [0.717, 1.165) is 0 Å². The van der Waals surface area contributed by atoms with E-state index in [2.05, 4.69) is 53.2 Å². The molecular weight excluding hydrogens is 490 g/mol. The molecule has 0 saturated carbocycles. The molecule has 0 aliphatic heterocycles. The van der Waals surface area contributed by atoms with E-state index >= 15 is 0 Å². The minimum absolute atomic E-state index is 0.134. The first-order chi connectivity index (χ1) is 6.52. The lowest BCUT2D eigenvalue weighted by Gasteiger charge is -1.95. The molecule has 0 aliphatic rings. The normalized spacial score (nSPS) is 8.93. The van der Waals surface area contributed by atoms with Gasteiger partial charge in [-0.2, -0.15) is 4.39 Å². The molecule has 0 N–H and O–H groups in total. The molecule has 0 bridgehead atoms. The molecular formula is C6H2BrF2I2NO2. The summed E-state index contributed by atoms with van der Waals surface area (Å²) in [4.78, 5) is 9.09. The lowest BCUT2D eigenvalue weighted by Crippen LogP contribution is -1.93. The third-order valence-electron chi connectivity index (χ3n) is 1.19. The highest BCUT2D eigenvalue weighted by atomic mass is 128. The number of halogens is 5. The van der Waals surface area contributed by atoms with Crippen molar-refractivity contribution < 1.29 is 13.7 Å². The Kier molecular flexibility index (Phi) is 7.03. The summed E-state index contributed by atoms with van der Waals surface area (Å²) in [5.74, 6) is -1.92. The Morgan fingerprint density at radius 3 is 2.21 bits per heavy atom. The van der Waals surface area contributed by atoms with Crippen LogP contribution < -0.4 is 0 Å². The predicted octanol–water partition coefficient (Wildman–Crippen LogP) is 4.41. The third kappa shape index (κ3) is 3.88. The number of hydrogen-bond donors (Lipinski definition) is 0. The van der Waals surface area contributed by atoms with Crippen LogP contribution in [0, 0.1) is 21.7 Å². The number of rotatable bonds is 1. The van der Waals surface area contributed by atoms with Crippen LogP contribution in [-0.4, -0.2) is 4.92 Å². The van der Waals surface area contributed by atoms with Crippen LogP contribution in [0.5, 0.6) is 0 Å². The molecule has 78 valence electrons. The average Bonchev–Trinajstić information content (AvgIpc) is 2.14. The molecule has 1 aromatic rings. The number of nitro benzene ring substituents is 1. The van der Waals surface area contributed by atoms with Crippen LogP contribution in [0.1, 0.15) is 0 Å². The Morgan fingerprint density at radius 1 is 1.29 bits per heavy atom. The van der Waals surface area contributed by atoms with Crippen molar-refractivity contribution in [2.75, 3.05) is 0 Å². The van der Waals surface area contributed by atoms with Crippen LogP contribution in [0.2, 0.25) is 0 Å². The quantitative estimate of drug-likeness (QED) is 0.253. The molecule has 0 radical (unpaired) electrons. The molecule has 0 fully saturated rings. The zero-order chi connectivity index (χ0) is 11.3. The number of benzene rings is 1. The average molecular weight is 492 g/mol. The smallest absolute Gasteiger partial charge is 0.258 e. The van der Waals surface area contributed by atoms with Crippen molar-refractivity contribution in [2.45, 2.75) is 0 Å². The van der Waals surface area contributed by atoms with Crippen molar-refractivity contribution in [1.82, 2.24) is 0 Å². The summed E-state index contributed by atoms with van der Waals surface area (Å²) in [5, 5.41) is 10.1. The lowest BCUT2D eigenvalue weighted by molar-refractivity contribution is -0.387. The van der Waals surface area contributed by atoms with Gasteiger partial charge in [-0.1, -0.05) is 0 Å². The SMILES string of the molecule is II.O=[N+]([O-])c1cc(F)c(Br)cc1F. The van der Waals surface area contributed by atoms with Crippen molar-refractivity contribution in [3.05, 3.63) is 38.4 Å². The van der Waals surface area contributed by atoms with Crippen LogP contribution in [0.25, 0.3) is 0 Å². The summed E-state index contributed by atoms with van der Waals surface area (Å²) in [6.07, 6.45) is 0. The first kappa shape index (κ1) is 14.4. The number of hydrogen-bond acceptors (Lipinski definition) is 2.